The van der Waals surface area contributed by atoms with Crippen molar-refractivity contribution in [2.75, 3.05) is 0 Å². The molecule has 3 heterocycles. The Kier molecular flexibility index (Phi) is 5.86. The zero-order valence-corrected chi connectivity index (χ0v) is 20.7. The van der Waals surface area contributed by atoms with Crippen LogP contribution in [0, 0.1) is 5.82 Å². The van der Waals surface area contributed by atoms with Crippen LogP contribution in [0.3, 0.4) is 0 Å². The third kappa shape index (κ3) is 4.15. The van der Waals surface area contributed by atoms with Crippen molar-refractivity contribution >= 4 is 29.0 Å². The smallest absolute Gasteiger partial charge is 0.318 e. The first-order chi connectivity index (χ1) is 17.1. The minimum absolute atomic E-state index is 0.148. The molecule has 7 heteroatoms. The predicted molar refractivity (Wildman–Crippen MR) is 138 cm³/mol. The second kappa shape index (κ2) is 9.17. The van der Waals surface area contributed by atoms with Gasteiger partial charge in [-0.05, 0) is 78.8 Å². The van der Waals surface area contributed by atoms with Gasteiger partial charge in [0.25, 0.3) is 0 Å². The maximum atomic E-state index is 13.8. The van der Waals surface area contributed by atoms with Crippen LogP contribution >= 0.6 is 22.9 Å². The van der Waals surface area contributed by atoms with Crippen molar-refractivity contribution in [3.8, 4) is 5.00 Å². The summed E-state index contributed by atoms with van der Waals surface area (Å²) >= 11 is 8.07. The molecule has 2 aliphatic rings. The highest BCUT2D eigenvalue weighted by Gasteiger charge is 2.36. The quantitative estimate of drug-likeness (QED) is 0.319. The number of hydrogen-bond acceptors (Lipinski definition) is 2. The molecule has 0 unspecified atom stereocenters. The fraction of sp³-hybridized carbons (Fsp3) is 0.250. The summed E-state index contributed by atoms with van der Waals surface area (Å²) in [4.78, 5) is 17.2. The topological polar surface area (TPSA) is 37.3 Å². The number of aryl methyl sites for hydroxylation is 1. The standard InChI is InChI=1S/C28H25ClFN3OS/c29-20-11-9-19(10-12-20)26-24-5-3-15-32(24)27-23(22-4-1-2-6-25(22)35-27)17-33(26)28(34)31-16-18-7-13-21(30)14-8-18/h3,5,7-15,26H,1-2,4,6,16-17H2,(H,31,34)/t26-/m1/s1. The van der Waals surface area contributed by atoms with E-state index in [0.717, 1.165) is 29.7 Å². The molecular weight excluding hydrogens is 481 g/mol. The minimum Gasteiger partial charge on any atom is -0.334 e. The molecule has 0 radical (unpaired) electrons. The molecule has 0 spiro atoms. The second-order valence-corrected chi connectivity index (χ2v) is 10.7. The van der Waals surface area contributed by atoms with Gasteiger partial charge in [-0.1, -0.05) is 35.9 Å². The van der Waals surface area contributed by atoms with Crippen LogP contribution in [0.5, 0.6) is 0 Å². The summed E-state index contributed by atoms with van der Waals surface area (Å²) in [6, 6.07) is 17.7. The zero-order chi connectivity index (χ0) is 23.9. The van der Waals surface area contributed by atoms with Crippen molar-refractivity contribution in [1.82, 2.24) is 14.8 Å². The Bertz CT molecular complexity index is 1380. The van der Waals surface area contributed by atoms with E-state index in [0.29, 0.717) is 18.1 Å². The van der Waals surface area contributed by atoms with Crippen LogP contribution in [0.15, 0.2) is 66.9 Å². The highest BCUT2D eigenvalue weighted by Crippen LogP contribution is 2.44. The lowest BCUT2D eigenvalue weighted by molar-refractivity contribution is 0.180. The zero-order valence-electron chi connectivity index (χ0n) is 19.1. The van der Waals surface area contributed by atoms with Crippen molar-refractivity contribution in [1.29, 1.82) is 0 Å². The third-order valence-electron chi connectivity index (χ3n) is 6.98. The lowest BCUT2D eigenvalue weighted by Gasteiger charge is -2.31. The Balaban J connectivity index is 1.42. The Hall–Kier alpha value is -3.09. The average molecular weight is 506 g/mol. The molecule has 2 amide bonds. The van der Waals surface area contributed by atoms with Crippen LogP contribution < -0.4 is 5.32 Å². The Morgan fingerprint density at radius 3 is 2.60 bits per heavy atom. The molecule has 1 aliphatic heterocycles. The number of urea groups is 1. The molecule has 0 fully saturated rings. The van der Waals surface area contributed by atoms with Gasteiger partial charge in [0.2, 0.25) is 0 Å². The van der Waals surface area contributed by atoms with E-state index in [1.165, 1.54) is 46.0 Å². The van der Waals surface area contributed by atoms with Crippen molar-refractivity contribution in [3.05, 3.63) is 111 Å². The van der Waals surface area contributed by atoms with E-state index >= 15 is 0 Å². The second-order valence-electron chi connectivity index (χ2n) is 9.16. The lowest BCUT2D eigenvalue weighted by atomic mass is 9.95. The molecule has 1 N–H and O–H groups in total. The van der Waals surface area contributed by atoms with E-state index in [1.54, 1.807) is 12.1 Å². The number of nitrogens with one attached hydrogen (secondary N) is 1. The first-order valence-electron chi connectivity index (χ1n) is 11.9. The number of carbonyl (C=O) groups excluding carboxylic acids is 1. The van der Waals surface area contributed by atoms with Crippen molar-refractivity contribution in [3.63, 3.8) is 0 Å². The Labute approximate surface area is 213 Å². The maximum Gasteiger partial charge on any atom is 0.318 e. The van der Waals surface area contributed by atoms with E-state index in [2.05, 4.69) is 28.2 Å². The number of carbonyl (C=O) groups is 1. The van der Waals surface area contributed by atoms with Gasteiger partial charge in [-0.2, -0.15) is 0 Å². The number of benzene rings is 2. The normalized spacial score (nSPS) is 16.7. The number of halogens is 2. The summed E-state index contributed by atoms with van der Waals surface area (Å²) in [7, 11) is 0. The van der Waals surface area contributed by atoms with E-state index in [9.17, 15) is 9.18 Å². The molecule has 1 atom stereocenters. The van der Waals surface area contributed by atoms with Crippen LogP contribution in [-0.2, 0) is 25.9 Å². The number of amides is 2. The van der Waals surface area contributed by atoms with Crippen molar-refractivity contribution in [2.45, 2.75) is 44.8 Å². The van der Waals surface area contributed by atoms with Crippen LogP contribution in [0.25, 0.3) is 5.00 Å². The monoisotopic (exact) mass is 505 g/mol. The summed E-state index contributed by atoms with van der Waals surface area (Å²) in [5.74, 6) is -0.286. The first kappa shape index (κ1) is 22.4. The van der Waals surface area contributed by atoms with Gasteiger partial charge in [0.15, 0.2) is 0 Å². The fourth-order valence-corrected chi connectivity index (χ4v) is 6.79. The van der Waals surface area contributed by atoms with Gasteiger partial charge in [-0.3, -0.25) is 0 Å². The molecule has 35 heavy (non-hydrogen) atoms. The molecule has 4 aromatic rings. The molecule has 178 valence electrons. The maximum absolute atomic E-state index is 13.8. The van der Waals surface area contributed by atoms with Crippen LogP contribution in [0.2, 0.25) is 5.02 Å². The first-order valence-corrected chi connectivity index (χ1v) is 13.1. The SMILES string of the molecule is O=C(NCc1ccc(F)cc1)N1Cc2c(sc3c2CCCC3)-n2cccc2[C@H]1c1ccc(Cl)cc1. The highest BCUT2D eigenvalue weighted by atomic mass is 35.5. The molecule has 6 rings (SSSR count). The van der Waals surface area contributed by atoms with Gasteiger partial charge in [0.1, 0.15) is 10.8 Å². The van der Waals surface area contributed by atoms with E-state index in [-0.39, 0.29) is 17.9 Å². The summed E-state index contributed by atoms with van der Waals surface area (Å²) in [5.41, 5.74) is 5.60. The van der Waals surface area contributed by atoms with Gasteiger partial charge in [-0.15, -0.1) is 11.3 Å². The molecule has 0 bridgehead atoms. The van der Waals surface area contributed by atoms with Gasteiger partial charge in [0, 0.05) is 28.2 Å². The van der Waals surface area contributed by atoms with Gasteiger partial charge in [0.05, 0.1) is 18.3 Å². The number of hydrogen-bond donors (Lipinski definition) is 1. The van der Waals surface area contributed by atoms with E-state index < -0.39 is 0 Å². The molecule has 2 aromatic carbocycles. The molecular formula is C28H25ClFN3OS. The van der Waals surface area contributed by atoms with Gasteiger partial charge < -0.3 is 14.8 Å². The Morgan fingerprint density at radius 2 is 1.80 bits per heavy atom. The van der Waals surface area contributed by atoms with Gasteiger partial charge in [-0.25, -0.2) is 9.18 Å². The fourth-order valence-electron chi connectivity index (χ4n) is 5.26. The lowest BCUT2D eigenvalue weighted by Crippen LogP contribution is -2.41. The molecule has 1 aliphatic carbocycles. The van der Waals surface area contributed by atoms with Crippen LogP contribution in [0.1, 0.15) is 51.7 Å². The van der Waals surface area contributed by atoms with Crippen LogP contribution in [-0.4, -0.2) is 15.5 Å². The Morgan fingerprint density at radius 1 is 1.03 bits per heavy atom. The minimum atomic E-state index is -0.286. The van der Waals surface area contributed by atoms with E-state index in [4.69, 9.17) is 11.6 Å². The largest absolute Gasteiger partial charge is 0.334 e. The highest BCUT2D eigenvalue weighted by molar-refractivity contribution is 7.15. The molecule has 2 aromatic heterocycles. The number of nitrogens with zero attached hydrogens (tertiary/aromatic N) is 2. The summed E-state index contributed by atoms with van der Waals surface area (Å²) < 4.78 is 15.6. The van der Waals surface area contributed by atoms with Crippen LogP contribution in [0.4, 0.5) is 9.18 Å². The average Bonchev–Trinajstić information content (AvgIpc) is 3.46. The number of thiophene rings is 1. The molecule has 4 nitrogen and oxygen atoms in total. The van der Waals surface area contributed by atoms with Gasteiger partial charge >= 0.3 is 6.03 Å². The summed E-state index contributed by atoms with van der Waals surface area (Å²) in [6.45, 7) is 0.865. The van der Waals surface area contributed by atoms with Crippen molar-refractivity contribution < 1.29 is 9.18 Å². The molecule has 0 saturated carbocycles. The summed E-state index contributed by atoms with van der Waals surface area (Å²) in [5, 5.41) is 4.98. The third-order valence-corrected chi connectivity index (χ3v) is 8.57. The number of rotatable bonds is 3. The van der Waals surface area contributed by atoms with Crippen molar-refractivity contribution in [2.24, 2.45) is 0 Å². The summed E-state index contributed by atoms with van der Waals surface area (Å²) in [6.07, 6.45) is 6.70. The number of aromatic nitrogens is 1. The number of fused-ring (bicyclic) bond motifs is 5. The van der Waals surface area contributed by atoms with E-state index in [1.807, 2.05) is 40.5 Å². The molecule has 0 saturated heterocycles. The predicted octanol–water partition coefficient (Wildman–Crippen LogP) is 7.02.